The molecule has 0 amide bonds. The van der Waals surface area contributed by atoms with Crippen LogP contribution in [-0.2, 0) is 4.79 Å². The molecule has 0 unspecified atom stereocenters. The van der Waals surface area contributed by atoms with Crippen molar-refractivity contribution < 1.29 is 9.90 Å². The van der Waals surface area contributed by atoms with Gasteiger partial charge in [-0.05, 0) is 25.2 Å². The van der Waals surface area contributed by atoms with Crippen molar-refractivity contribution in [2.75, 3.05) is 13.1 Å². The monoisotopic (exact) mass is 213 g/mol. The molecule has 1 aliphatic heterocycles. The Balaban J connectivity index is 2.47. The molecule has 1 aliphatic rings. The summed E-state index contributed by atoms with van der Waals surface area (Å²) >= 11 is 0. The lowest BCUT2D eigenvalue weighted by Crippen LogP contribution is -2.60. The van der Waals surface area contributed by atoms with E-state index < -0.39 is 5.97 Å². The van der Waals surface area contributed by atoms with E-state index in [1.54, 1.807) is 0 Å². The van der Waals surface area contributed by atoms with Gasteiger partial charge in [-0.25, -0.2) is 0 Å². The summed E-state index contributed by atoms with van der Waals surface area (Å²) in [7, 11) is 0. The van der Waals surface area contributed by atoms with Crippen molar-refractivity contribution in [2.24, 2.45) is 11.3 Å². The molecular weight excluding hydrogens is 190 g/mol. The van der Waals surface area contributed by atoms with E-state index in [1.807, 2.05) is 13.8 Å². The Labute approximate surface area is 92.5 Å². The summed E-state index contributed by atoms with van der Waals surface area (Å²) in [5.74, 6) is -0.00946. The summed E-state index contributed by atoms with van der Waals surface area (Å²) in [4.78, 5) is 13.0. The highest BCUT2D eigenvalue weighted by molar-refractivity contribution is 5.68. The summed E-state index contributed by atoms with van der Waals surface area (Å²) in [5.41, 5.74) is 0.142. The lowest BCUT2D eigenvalue weighted by atomic mass is 9.74. The molecule has 0 bridgehead atoms. The Morgan fingerprint density at radius 1 is 1.27 bits per heavy atom. The summed E-state index contributed by atoms with van der Waals surface area (Å²) in [6.45, 7) is 12.8. The number of hydrogen-bond donors (Lipinski definition) is 1. The van der Waals surface area contributed by atoms with Gasteiger partial charge in [-0.1, -0.05) is 20.8 Å². The lowest BCUT2D eigenvalue weighted by Gasteiger charge is -2.53. The third kappa shape index (κ3) is 2.94. The molecule has 0 aromatic carbocycles. The molecule has 0 aromatic heterocycles. The molecule has 0 aliphatic carbocycles. The van der Waals surface area contributed by atoms with Crippen molar-refractivity contribution in [3.63, 3.8) is 0 Å². The average Bonchev–Trinajstić information content (AvgIpc) is 1.71. The fraction of sp³-hybridized carbons (Fsp3) is 0.917. The molecular formula is C12H23NO2. The summed E-state index contributed by atoms with van der Waals surface area (Å²) < 4.78 is 0. The first-order valence-corrected chi connectivity index (χ1v) is 5.60. The molecule has 1 N–H and O–H groups in total. The predicted molar refractivity (Wildman–Crippen MR) is 60.8 cm³/mol. The quantitative estimate of drug-likeness (QED) is 0.781. The smallest absolute Gasteiger partial charge is 0.305 e. The minimum atomic E-state index is -0.709. The van der Waals surface area contributed by atoms with Gasteiger partial charge in [0.05, 0.1) is 6.42 Å². The molecule has 88 valence electrons. The van der Waals surface area contributed by atoms with Gasteiger partial charge in [-0.3, -0.25) is 9.69 Å². The van der Waals surface area contributed by atoms with E-state index in [9.17, 15) is 4.79 Å². The topological polar surface area (TPSA) is 40.5 Å². The molecule has 0 radical (unpaired) electrons. The SMILES string of the molecule is CC(C)(C)C1CN(C(C)(C)CC(=O)O)C1. The van der Waals surface area contributed by atoms with E-state index in [-0.39, 0.29) is 12.0 Å². The maximum absolute atomic E-state index is 10.7. The van der Waals surface area contributed by atoms with Crippen LogP contribution in [0.3, 0.4) is 0 Å². The zero-order valence-electron chi connectivity index (χ0n) is 10.5. The van der Waals surface area contributed by atoms with E-state index in [0.29, 0.717) is 11.3 Å². The number of rotatable bonds is 3. The van der Waals surface area contributed by atoms with Gasteiger partial charge in [0, 0.05) is 18.6 Å². The van der Waals surface area contributed by atoms with Crippen LogP contribution in [0.25, 0.3) is 0 Å². The Kier molecular flexibility index (Phi) is 3.15. The largest absolute Gasteiger partial charge is 0.481 e. The lowest BCUT2D eigenvalue weighted by molar-refractivity contribution is -0.142. The van der Waals surface area contributed by atoms with Gasteiger partial charge < -0.3 is 5.11 Å². The minimum Gasteiger partial charge on any atom is -0.481 e. The van der Waals surface area contributed by atoms with Crippen LogP contribution in [0.4, 0.5) is 0 Å². The highest BCUT2D eigenvalue weighted by Crippen LogP contribution is 2.38. The maximum atomic E-state index is 10.7. The van der Waals surface area contributed by atoms with Gasteiger partial charge in [0.1, 0.15) is 0 Å². The van der Waals surface area contributed by atoms with E-state index in [2.05, 4.69) is 25.7 Å². The van der Waals surface area contributed by atoms with E-state index in [0.717, 1.165) is 13.1 Å². The number of likely N-dealkylation sites (tertiary alicyclic amines) is 1. The fourth-order valence-corrected chi connectivity index (χ4v) is 2.00. The minimum absolute atomic E-state index is 0.201. The molecule has 1 rings (SSSR count). The Hall–Kier alpha value is -0.570. The van der Waals surface area contributed by atoms with Gasteiger partial charge >= 0.3 is 5.97 Å². The molecule has 0 atom stereocenters. The van der Waals surface area contributed by atoms with Gasteiger partial charge in [0.25, 0.3) is 0 Å². The second-order valence-corrected chi connectivity index (χ2v) is 6.35. The Morgan fingerprint density at radius 3 is 2.07 bits per heavy atom. The van der Waals surface area contributed by atoms with Crippen LogP contribution in [0.1, 0.15) is 41.0 Å². The van der Waals surface area contributed by atoms with Crippen molar-refractivity contribution in [2.45, 2.75) is 46.6 Å². The van der Waals surface area contributed by atoms with Crippen molar-refractivity contribution in [1.29, 1.82) is 0 Å². The number of carboxylic acids is 1. The van der Waals surface area contributed by atoms with Crippen LogP contribution in [0.2, 0.25) is 0 Å². The van der Waals surface area contributed by atoms with Crippen LogP contribution in [0.15, 0.2) is 0 Å². The highest BCUT2D eigenvalue weighted by atomic mass is 16.4. The Bertz CT molecular complexity index is 247. The van der Waals surface area contributed by atoms with Crippen LogP contribution in [-0.4, -0.2) is 34.6 Å². The molecule has 0 spiro atoms. The molecule has 1 fully saturated rings. The molecule has 3 heteroatoms. The number of carbonyl (C=O) groups is 1. The second kappa shape index (κ2) is 3.78. The van der Waals surface area contributed by atoms with E-state index >= 15 is 0 Å². The van der Waals surface area contributed by atoms with Crippen LogP contribution in [0, 0.1) is 11.3 Å². The summed E-state index contributed by atoms with van der Waals surface area (Å²) in [6.07, 6.45) is 0.226. The number of aliphatic carboxylic acids is 1. The standard InChI is InChI=1S/C12H23NO2/c1-11(2,3)9-7-13(8-9)12(4,5)6-10(14)15/h9H,6-8H2,1-5H3,(H,14,15). The first-order valence-electron chi connectivity index (χ1n) is 5.60. The molecule has 3 nitrogen and oxygen atoms in total. The molecule has 1 heterocycles. The van der Waals surface area contributed by atoms with Gasteiger partial charge in [-0.2, -0.15) is 0 Å². The first kappa shape index (κ1) is 12.5. The van der Waals surface area contributed by atoms with E-state index in [4.69, 9.17) is 5.11 Å². The van der Waals surface area contributed by atoms with Crippen molar-refractivity contribution >= 4 is 5.97 Å². The number of nitrogens with zero attached hydrogens (tertiary/aromatic N) is 1. The maximum Gasteiger partial charge on any atom is 0.305 e. The first-order chi connectivity index (χ1) is 6.63. The van der Waals surface area contributed by atoms with Crippen molar-refractivity contribution in [1.82, 2.24) is 4.90 Å². The van der Waals surface area contributed by atoms with Crippen LogP contribution in [0.5, 0.6) is 0 Å². The second-order valence-electron chi connectivity index (χ2n) is 6.35. The molecule has 0 saturated carbocycles. The third-order valence-corrected chi connectivity index (χ3v) is 3.55. The van der Waals surface area contributed by atoms with Gasteiger partial charge in [0.15, 0.2) is 0 Å². The van der Waals surface area contributed by atoms with Crippen molar-refractivity contribution in [3.8, 4) is 0 Å². The van der Waals surface area contributed by atoms with Crippen molar-refractivity contribution in [3.05, 3.63) is 0 Å². The third-order valence-electron chi connectivity index (χ3n) is 3.55. The number of carboxylic acid groups (broad SMARTS) is 1. The summed E-state index contributed by atoms with van der Waals surface area (Å²) in [6, 6.07) is 0. The van der Waals surface area contributed by atoms with E-state index in [1.165, 1.54) is 0 Å². The average molecular weight is 213 g/mol. The van der Waals surface area contributed by atoms with Gasteiger partial charge in [0.2, 0.25) is 0 Å². The molecule has 15 heavy (non-hydrogen) atoms. The summed E-state index contributed by atoms with van der Waals surface area (Å²) in [5, 5.41) is 8.82. The normalized spacial score (nSPS) is 20.1. The fourth-order valence-electron chi connectivity index (χ4n) is 2.00. The van der Waals surface area contributed by atoms with Crippen LogP contribution >= 0.6 is 0 Å². The Morgan fingerprint density at radius 2 is 1.73 bits per heavy atom. The van der Waals surface area contributed by atoms with Gasteiger partial charge in [-0.15, -0.1) is 0 Å². The van der Waals surface area contributed by atoms with Crippen LogP contribution < -0.4 is 0 Å². The molecule has 0 aromatic rings. The zero-order valence-corrected chi connectivity index (χ0v) is 10.5. The zero-order chi connectivity index (χ0) is 11.9. The predicted octanol–water partition coefficient (Wildman–Crippen LogP) is 2.22. The number of hydrogen-bond acceptors (Lipinski definition) is 2. The molecule has 1 saturated heterocycles. The highest BCUT2D eigenvalue weighted by Gasteiger charge is 2.42.